The maximum Gasteiger partial charge on any atom is 0.135 e. The lowest BCUT2D eigenvalue weighted by Gasteiger charge is -2.09. The first-order valence-electron chi connectivity index (χ1n) is 16.4. The quantitative estimate of drug-likeness (QED) is 0.197. The highest BCUT2D eigenvalue weighted by Gasteiger charge is 2.17. The van der Waals surface area contributed by atoms with Gasteiger partial charge in [-0.2, -0.15) is 0 Å². The van der Waals surface area contributed by atoms with Gasteiger partial charge in [0.1, 0.15) is 11.2 Å². The summed E-state index contributed by atoms with van der Waals surface area (Å²) in [6, 6.07) is 56.6. The molecule has 3 aromatic heterocycles. The van der Waals surface area contributed by atoms with E-state index in [1.54, 1.807) is 0 Å². The molecule has 0 N–H and O–H groups in total. The number of rotatable bonds is 3. The molecule has 0 radical (unpaired) electrons. The predicted octanol–water partition coefficient (Wildman–Crippen LogP) is 12.5. The first-order valence-corrected chi connectivity index (χ1v) is 16.4. The van der Waals surface area contributed by atoms with Gasteiger partial charge in [-0.3, -0.25) is 0 Å². The molecular weight excluding hydrogens is 572 g/mol. The normalized spacial score (nSPS) is 11.6. The summed E-state index contributed by atoms with van der Waals surface area (Å²) in [6.45, 7) is 4.00. The molecule has 3 heteroatoms. The van der Waals surface area contributed by atoms with Crippen molar-refractivity contribution in [3.8, 4) is 22.5 Å². The Labute approximate surface area is 272 Å². The first-order chi connectivity index (χ1) is 23.3. The standard InChI is InChI=1S/C42H26N2O.C2H6/c1-2-10-29(11-3-1)43-37-15-7-4-12-31(37)34-24-27(18-21-39(34)43)28-19-22-40-35(25-28)32-13-5-8-16-38(32)44(40)30-20-23-42-36(26-30)33-14-6-9-17-41(33)45-42;1-2/h1-26H;1-2H3. The Balaban J connectivity index is 0.00000149. The number of aromatic nitrogens is 2. The molecule has 0 saturated heterocycles. The van der Waals surface area contributed by atoms with Crippen molar-refractivity contribution in [3.63, 3.8) is 0 Å². The third-order valence-corrected chi connectivity index (χ3v) is 9.31. The average molecular weight is 605 g/mol. The largest absolute Gasteiger partial charge is 0.456 e. The molecule has 0 aliphatic rings. The number of fused-ring (bicyclic) bond motifs is 9. The molecule has 0 fully saturated rings. The van der Waals surface area contributed by atoms with Gasteiger partial charge in [0, 0.05) is 43.7 Å². The molecule has 0 spiro atoms. The van der Waals surface area contributed by atoms with Crippen LogP contribution in [-0.4, -0.2) is 9.13 Å². The monoisotopic (exact) mass is 604 g/mol. The fourth-order valence-corrected chi connectivity index (χ4v) is 7.29. The molecule has 47 heavy (non-hydrogen) atoms. The zero-order valence-electron chi connectivity index (χ0n) is 26.3. The Kier molecular flexibility index (Phi) is 6.26. The summed E-state index contributed by atoms with van der Waals surface area (Å²) >= 11 is 0. The maximum atomic E-state index is 6.14. The van der Waals surface area contributed by atoms with Crippen molar-refractivity contribution in [1.82, 2.24) is 9.13 Å². The summed E-state index contributed by atoms with van der Waals surface area (Å²) in [7, 11) is 0. The minimum absolute atomic E-state index is 0.909. The first kappa shape index (κ1) is 27.3. The van der Waals surface area contributed by atoms with Crippen LogP contribution in [0, 0.1) is 0 Å². The average Bonchev–Trinajstić information content (AvgIpc) is 3.79. The van der Waals surface area contributed by atoms with Gasteiger partial charge in [-0.05, 0) is 83.9 Å². The van der Waals surface area contributed by atoms with Crippen LogP contribution in [0.2, 0.25) is 0 Å². The van der Waals surface area contributed by atoms with E-state index < -0.39 is 0 Å². The summed E-state index contributed by atoms with van der Waals surface area (Å²) in [5.41, 5.74) is 11.4. The molecule has 0 saturated carbocycles. The van der Waals surface area contributed by atoms with Gasteiger partial charge in [0.05, 0.1) is 22.1 Å². The van der Waals surface area contributed by atoms with Crippen molar-refractivity contribution < 1.29 is 4.42 Å². The van der Waals surface area contributed by atoms with Crippen LogP contribution in [0.25, 0.3) is 88.1 Å². The van der Waals surface area contributed by atoms with E-state index in [2.05, 4.69) is 155 Å². The highest BCUT2D eigenvalue weighted by molar-refractivity contribution is 6.13. The Bertz CT molecular complexity index is 2760. The minimum Gasteiger partial charge on any atom is -0.456 e. The number of furan rings is 1. The summed E-state index contributed by atoms with van der Waals surface area (Å²) in [4.78, 5) is 0. The zero-order valence-corrected chi connectivity index (χ0v) is 26.3. The summed E-state index contributed by atoms with van der Waals surface area (Å²) < 4.78 is 10.9. The van der Waals surface area contributed by atoms with Gasteiger partial charge >= 0.3 is 0 Å². The second kappa shape index (κ2) is 10.8. The minimum atomic E-state index is 0.909. The van der Waals surface area contributed by atoms with Crippen LogP contribution in [0.1, 0.15) is 13.8 Å². The predicted molar refractivity (Wildman–Crippen MR) is 199 cm³/mol. The molecule has 10 rings (SSSR count). The van der Waals surface area contributed by atoms with Gasteiger partial charge < -0.3 is 13.6 Å². The van der Waals surface area contributed by atoms with Gasteiger partial charge in [-0.25, -0.2) is 0 Å². The van der Waals surface area contributed by atoms with Gasteiger partial charge in [0.2, 0.25) is 0 Å². The van der Waals surface area contributed by atoms with Crippen LogP contribution >= 0.6 is 0 Å². The van der Waals surface area contributed by atoms with Crippen LogP contribution < -0.4 is 0 Å². The van der Waals surface area contributed by atoms with Crippen molar-refractivity contribution in [2.75, 3.05) is 0 Å². The van der Waals surface area contributed by atoms with E-state index in [0.29, 0.717) is 0 Å². The van der Waals surface area contributed by atoms with Crippen LogP contribution in [0.5, 0.6) is 0 Å². The Morgan fingerprint density at radius 3 is 1.47 bits per heavy atom. The van der Waals surface area contributed by atoms with Gasteiger partial charge in [-0.15, -0.1) is 0 Å². The van der Waals surface area contributed by atoms with E-state index >= 15 is 0 Å². The molecule has 0 bridgehead atoms. The topological polar surface area (TPSA) is 23.0 Å². The van der Waals surface area contributed by atoms with Crippen molar-refractivity contribution >= 4 is 65.6 Å². The Morgan fingerprint density at radius 2 is 0.830 bits per heavy atom. The van der Waals surface area contributed by atoms with E-state index in [1.807, 2.05) is 26.0 Å². The highest BCUT2D eigenvalue weighted by atomic mass is 16.3. The zero-order chi connectivity index (χ0) is 31.5. The fraction of sp³-hybridized carbons (Fsp3) is 0.0455. The smallest absolute Gasteiger partial charge is 0.135 e. The van der Waals surface area contributed by atoms with E-state index in [0.717, 1.165) is 27.6 Å². The van der Waals surface area contributed by atoms with E-state index in [1.165, 1.54) is 60.4 Å². The number of hydrogen-bond donors (Lipinski definition) is 0. The fourth-order valence-electron chi connectivity index (χ4n) is 7.29. The number of para-hydroxylation sites is 4. The third-order valence-electron chi connectivity index (χ3n) is 9.31. The molecule has 224 valence electrons. The lowest BCUT2D eigenvalue weighted by Crippen LogP contribution is -1.93. The molecule has 0 atom stereocenters. The lowest BCUT2D eigenvalue weighted by molar-refractivity contribution is 0.669. The van der Waals surface area contributed by atoms with Gasteiger partial charge in [0.15, 0.2) is 0 Å². The Morgan fingerprint density at radius 1 is 0.340 bits per heavy atom. The van der Waals surface area contributed by atoms with Crippen LogP contribution in [0.4, 0.5) is 0 Å². The number of benzene rings is 7. The van der Waals surface area contributed by atoms with Gasteiger partial charge in [0.25, 0.3) is 0 Å². The summed E-state index contributed by atoms with van der Waals surface area (Å²) in [6.07, 6.45) is 0. The van der Waals surface area contributed by atoms with Crippen LogP contribution in [0.15, 0.2) is 162 Å². The van der Waals surface area contributed by atoms with Crippen LogP contribution in [0.3, 0.4) is 0 Å². The molecule has 0 unspecified atom stereocenters. The molecule has 0 aliphatic heterocycles. The second-order valence-corrected chi connectivity index (χ2v) is 11.8. The summed E-state index contributed by atoms with van der Waals surface area (Å²) in [5, 5.41) is 7.28. The third kappa shape index (κ3) is 4.13. The molecule has 7 aromatic carbocycles. The van der Waals surface area contributed by atoms with Crippen molar-refractivity contribution in [1.29, 1.82) is 0 Å². The lowest BCUT2D eigenvalue weighted by atomic mass is 10.0. The van der Waals surface area contributed by atoms with E-state index in [4.69, 9.17) is 4.42 Å². The maximum absolute atomic E-state index is 6.14. The highest BCUT2D eigenvalue weighted by Crippen LogP contribution is 2.39. The number of nitrogens with zero attached hydrogens (tertiary/aromatic N) is 2. The SMILES string of the molecule is CC.c1ccc(-n2c3ccccc3c3cc(-c4ccc5c(c4)c4ccccc4n5-c4ccc5oc6ccccc6c5c4)ccc32)cc1. The van der Waals surface area contributed by atoms with Gasteiger partial charge in [-0.1, -0.05) is 98.8 Å². The van der Waals surface area contributed by atoms with Crippen LogP contribution in [-0.2, 0) is 0 Å². The molecule has 10 aromatic rings. The van der Waals surface area contributed by atoms with E-state index in [-0.39, 0.29) is 0 Å². The Hall–Kier alpha value is -6.06. The summed E-state index contributed by atoms with van der Waals surface area (Å²) in [5.74, 6) is 0. The molecular formula is C44H32N2O. The number of hydrogen-bond acceptors (Lipinski definition) is 1. The molecule has 3 heterocycles. The van der Waals surface area contributed by atoms with Crippen molar-refractivity contribution in [2.45, 2.75) is 13.8 Å². The second-order valence-electron chi connectivity index (χ2n) is 11.8. The van der Waals surface area contributed by atoms with Crippen molar-refractivity contribution in [2.24, 2.45) is 0 Å². The van der Waals surface area contributed by atoms with Crippen molar-refractivity contribution in [3.05, 3.63) is 158 Å². The molecule has 3 nitrogen and oxygen atoms in total. The molecule has 0 amide bonds. The molecule has 0 aliphatic carbocycles. The van der Waals surface area contributed by atoms with E-state index in [9.17, 15) is 0 Å².